The summed E-state index contributed by atoms with van der Waals surface area (Å²) in [5.74, 6) is -0.636. The predicted octanol–water partition coefficient (Wildman–Crippen LogP) is 5.44. The first-order chi connectivity index (χ1) is 15.1. The maximum Gasteiger partial charge on any atom is 0.241 e. The lowest BCUT2D eigenvalue weighted by Crippen LogP contribution is -2.51. The van der Waals surface area contributed by atoms with E-state index in [0.29, 0.717) is 13.1 Å². The summed E-state index contributed by atoms with van der Waals surface area (Å²) in [4.78, 5) is 17.1. The van der Waals surface area contributed by atoms with Crippen LogP contribution in [0.25, 0.3) is 6.08 Å². The summed E-state index contributed by atoms with van der Waals surface area (Å²) in [5.41, 5.74) is 3.62. The molecule has 4 rings (SSSR count). The van der Waals surface area contributed by atoms with Crippen LogP contribution in [-0.2, 0) is 4.79 Å². The molecule has 3 aromatic rings. The van der Waals surface area contributed by atoms with Crippen LogP contribution in [0.3, 0.4) is 0 Å². The van der Waals surface area contributed by atoms with E-state index < -0.39 is 0 Å². The zero-order chi connectivity index (χ0) is 21.8. The van der Waals surface area contributed by atoms with E-state index in [1.54, 1.807) is 24.3 Å². The molecule has 3 aromatic carbocycles. The molecule has 0 radical (unpaired) electrons. The largest absolute Gasteiger partial charge is 0.309 e. The third-order valence-corrected chi connectivity index (χ3v) is 5.56. The maximum absolute atomic E-state index is 13.5. The molecule has 0 aromatic heterocycles. The van der Waals surface area contributed by atoms with E-state index in [9.17, 15) is 13.6 Å². The van der Waals surface area contributed by atoms with Gasteiger partial charge in [-0.05, 0) is 53.9 Å². The van der Waals surface area contributed by atoms with Gasteiger partial charge in [-0.25, -0.2) is 8.78 Å². The molecular weight excluding hydrogens is 394 g/mol. The molecule has 31 heavy (non-hydrogen) atoms. The van der Waals surface area contributed by atoms with Gasteiger partial charge in [-0.2, -0.15) is 0 Å². The zero-order valence-electron chi connectivity index (χ0n) is 17.3. The van der Waals surface area contributed by atoms with Crippen molar-refractivity contribution in [1.29, 1.82) is 0 Å². The normalized spacial score (nSPS) is 15.2. The second-order valence-corrected chi connectivity index (χ2v) is 7.58. The first kappa shape index (κ1) is 20.9. The van der Waals surface area contributed by atoms with E-state index in [1.807, 2.05) is 48.2 Å². The van der Waals surface area contributed by atoms with Crippen LogP contribution in [-0.4, -0.2) is 30.4 Å². The second-order valence-electron chi connectivity index (χ2n) is 7.58. The first-order valence-electron chi connectivity index (χ1n) is 10.3. The minimum absolute atomic E-state index is 0.00238. The molecule has 1 amide bonds. The van der Waals surface area contributed by atoms with Gasteiger partial charge in [-0.3, -0.25) is 9.69 Å². The Morgan fingerprint density at radius 3 is 1.97 bits per heavy atom. The number of hydrogen-bond acceptors (Lipinski definition) is 2. The molecule has 0 aliphatic carbocycles. The van der Waals surface area contributed by atoms with Crippen molar-refractivity contribution in [2.45, 2.75) is 13.0 Å². The van der Waals surface area contributed by atoms with Crippen LogP contribution >= 0.6 is 0 Å². The molecule has 158 valence electrons. The number of hydrogen-bond donors (Lipinski definition) is 0. The third kappa shape index (κ3) is 4.57. The van der Waals surface area contributed by atoms with Gasteiger partial charge in [0, 0.05) is 13.1 Å². The Labute approximate surface area is 181 Å². The Kier molecular flexibility index (Phi) is 6.23. The van der Waals surface area contributed by atoms with Gasteiger partial charge in [0.05, 0.1) is 18.3 Å². The van der Waals surface area contributed by atoms with Gasteiger partial charge in [-0.15, -0.1) is 0 Å². The van der Waals surface area contributed by atoms with Gasteiger partial charge in [-0.1, -0.05) is 54.6 Å². The fourth-order valence-corrected chi connectivity index (χ4v) is 4.12. The Morgan fingerprint density at radius 2 is 1.42 bits per heavy atom. The standard InChI is InChI=1S/C26H24F2N2O/c1-2-5-19-6-3-4-7-24(19)30-17-16-29(18-25(30)31)26(20-8-12-22(27)13-9-20)21-10-14-23(28)15-11-21/h2-15,26H,16-18H2,1H3/b5-2+. The molecule has 0 bridgehead atoms. The fourth-order valence-electron chi connectivity index (χ4n) is 4.12. The molecule has 0 unspecified atom stereocenters. The Bertz CT molecular complexity index is 1030. The lowest BCUT2D eigenvalue weighted by molar-refractivity contribution is -0.121. The van der Waals surface area contributed by atoms with Crippen molar-refractivity contribution in [3.05, 3.63) is 107 Å². The average molecular weight is 418 g/mol. The van der Waals surface area contributed by atoms with Crippen molar-refractivity contribution in [3.63, 3.8) is 0 Å². The van der Waals surface area contributed by atoms with E-state index in [1.165, 1.54) is 24.3 Å². The van der Waals surface area contributed by atoms with Gasteiger partial charge >= 0.3 is 0 Å². The first-order valence-corrected chi connectivity index (χ1v) is 10.3. The summed E-state index contributed by atoms with van der Waals surface area (Å²) in [6.07, 6.45) is 3.95. The van der Waals surface area contributed by atoms with Crippen LogP contribution in [0.4, 0.5) is 14.5 Å². The van der Waals surface area contributed by atoms with Crippen LogP contribution in [0.5, 0.6) is 0 Å². The number of amides is 1. The molecule has 0 saturated carbocycles. The van der Waals surface area contributed by atoms with E-state index in [4.69, 9.17) is 0 Å². The van der Waals surface area contributed by atoms with Gasteiger partial charge in [0.2, 0.25) is 5.91 Å². The monoisotopic (exact) mass is 418 g/mol. The highest BCUT2D eigenvalue weighted by Gasteiger charge is 2.32. The molecular formula is C26H24F2N2O. The number of benzene rings is 3. The summed E-state index contributed by atoms with van der Waals surface area (Å²) in [6, 6.07) is 20.1. The molecule has 3 nitrogen and oxygen atoms in total. The van der Waals surface area contributed by atoms with Crippen molar-refractivity contribution in [1.82, 2.24) is 4.90 Å². The predicted molar refractivity (Wildman–Crippen MR) is 120 cm³/mol. The SMILES string of the molecule is C/C=C/c1ccccc1N1CCN(C(c2ccc(F)cc2)c2ccc(F)cc2)CC1=O. The molecule has 1 aliphatic heterocycles. The average Bonchev–Trinajstić information content (AvgIpc) is 2.78. The number of rotatable bonds is 5. The van der Waals surface area contributed by atoms with Crippen LogP contribution in [0, 0.1) is 11.6 Å². The number of allylic oxidation sites excluding steroid dienone is 1. The van der Waals surface area contributed by atoms with E-state index in [0.717, 1.165) is 22.4 Å². The van der Waals surface area contributed by atoms with Gasteiger partial charge in [0.1, 0.15) is 11.6 Å². The van der Waals surface area contributed by atoms with Crippen molar-refractivity contribution in [2.24, 2.45) is 0 Å². The lowest BCUT2D eigenvalue weighted by Gasteiger charge is -2.39. The maximum atomic E-state index is 13.5. The quantitative estimate of drug-likeness (QED) is 0.551. The fraction of sp³-hybridized carbons (Fsp3) is 0.192. The molecule has 1 saturated heterocycles. The van der Waals surface area contributed by atoms with Gasteiger partial charge in [0.25, 0.3) is 0 Å². The third-order valence-electron chi connectivity index (χ3n) is 5.56. The van der Waals surface area contributed by atoms with Crippen LogP contribution in [0.15, 0.2) is 78.9 Å². The topological polar surface area (TPSA) is 23.6 Å². The summed E-state index contributed by atoms with van der Waals surface area (Å²) in [5, 5.41) is 0. The van der Waals surface area contributed by atoms with Crippen molar-refractivity contribution < 1.29 is 13.6 Å². The molecule has 0 spiro atoms. The summed E-state index contributed by atoms with van der Waals surface area (Å²) >= 11 is 0. The molecule has 1 fully saturated rings. The molecule has 1 heterocycles. The molecule has 0 atom stereocenters. The Morgan fingerprint density at radius 1 is 0.839 bits per heavy atom. The Hall–Kier alpha value is -3.31. The molecule has 5 heteroatoms. The van der Waals surface area contributed by atoms with Crippen LogP contribution in [0.1, 0.15) is 29.7 Å². The Balaban J connectivity index is 1.64. The van der Waals surface area contributed by atoms with Gasteiger partial charge < -0.3 is 4.90 Å². The lowest BCUT2D eigenvalue weighted by atomic mass is 9.96. The van der Waals surface area contributed by atoms with Gasteiger partial charge in [0.15, 0.2) is 0 Å². The van der Waals surface area contributed by atoms with Crippen molar-refractivity contribution in [2.75, 3.05) is 24.5 Å². The van der Waals surface area contributed by atoms with E-state index in [2.05, 4.69) is 4.90 Å². The highest BCUT2D eigenvalue weighted by Crippen LogP contribution is 2.32. The summed E-state index contributed by atoms with van der Waals surface area (Å²) < 4.78 is 27.0. The smallest absolute Gasteiger partial charge is 0.241 e. The van der Waals surface area contributed by atoms with Crippen LogP contribution < -0.4 is 4.90 Å². The minimum Gasteiger partial charge on any atom is -0.309 e. The number of nitrogens with zero attached hydrogens (tertiary/aromatic N) is 2. The van der Waals surface area contributed by atoms with Crippen molar-refractivity contribution >= 4 is 17.7 Å². The van der Waals surface area contributed by atoms with E-state index >= 15 is 0 Å². The number of carbonyl (C=O) groups excluding carboxylic acids is 1. The minimum atomic E-state index is -0.317. The summed E-state index contributed by atoms with van der Waals surface area (Å²) in [6.45, 7) is 3.33. The number of carbonyl (C=O) groups is 1. The van der Waals surface area contributed by atoms with E-state index in [-0.39, 0.29) is 30.1 Å². The van der Waals surface area contributed by atoms with Crippen molar-refractivity contribution in [3.8, 4) is 0 Å². The molecule has 0 N–H and O–H groups in total. The highest BCUT2D eigenvalue weighted by atomic mass is 19.1. The number of halogens is 2. The second kappa shape index (κ2) is 9.23. The number of anilines is 1. The molecule has 1 aliphatic rings. The number of para-hydroxylation sites is 1. The number of piperazine rings is 1. The highest BCUT2D eigenvalue weighted by molar-refractivity contribution is 5.97. The summed E-state index contributed by atoms with van der Waals surface area (Å²) in [7, 11) is 0. The van der Waals surface area contributed by atoms with Crippen LogP contribution in [0.2, 0.25) is 0 Å². The zero-order valence-corrected chi connectivity index (χ0v) is 17.3.